The van der Waals surface area contributed by atoms with Crippen LogP contribution in [0.4, 0.5) is 4.39 Å². The van der Waals surface area contributed by atoms with E-state index in [1.807, 2.05) is 13.8 Å². The van der Waals surface area contributed by atoms with Crippen molar-refractivity contribution < 1.29 is 18.7 Å². The number of hydrogen-bond acceptors (Lipinski definition) is 3. The first-order valence-corrected chi connectivity index (χ1v) is 6.04. The van der Waals surface area contributed by atoms with Gasteiger partial charge in [0.05, 0.1) is 13.5 Å². The Balaban J connectivity index is 2.75. The Hall–Kier alpha value is -1.91. The van der Waals surface area contributed by atoms with E-state index in [2.05, 4.69) is 4.74 Å². The van der Waals surface area contributed by atoms with E-state index in [1.165, 1.54) is 24.1 Å². The molecule has 0 unspecified atom stereocenters. The molecule has 1 aromatic carbocycles. The van der Waals surface area contributed by atoms with Crippen molar-refractivity contribution in [2.45, 2.75) is 26.3 Å². The summed E-state index contributed by atoms with van der Waals surface area (Å²) in [6.07, 6.45) is 0.0624. The monoisotopic (exact) mass is 267 g/mol. The molecule has 0 atom stereocenters. The molecule has 5 heteroatoms. The Morgan fingerprint density at radius 1 is 1.37 bits per heavy atom. The highest BCUT2D eigenvalue weighted by molar-refractivity contribution is 5.83. The van der Waals surface area contributed by atoms with Crippen LogP contribution in [0.1, 0.15) is 19.4 Å². The Morgan fingerprint density at radius 2 is 2.05 bits per heavy atom. The number of benzene rings is 1. The van der Waals surface area contributed by atoms with E-state index in [4.69, 9.17) is 0 Å². The molecule has 0 aliphatic heterocycles. The highest BCUT2D eigenvalue weighted by Gasteiger charge is 2.20. The summed E-state index contributed by atoms with van der Waals surface area (Å²) in [6.45, 7) is 3.53. The molecule has 0 aliphatic carbocycles. The minimum absolute atomic E-state index is 0.0624. The third kappa shape index (κ3) is 4.69. The van der Waals surface area contributed by atoms with E-state index >= 15 is 0 Å². The zero-order chi connectivity index (χ0) is 14.4. The van der Waals surface area contributed by atoms with Crippen LogP contribution in [0.2, 0.25) is 0 Å². The molecule has 19 heavy (non-hydrogen) atoms. The molecule has 0 heterocycles. The summed E-state index contributed by atoms with van der Waals surface area (Å²) in [6, 6.07) is 5.74. The van der Waals surface area contributed by atoms with Gasteiger partial charge in [0.2, 0.25) is 5.91 Å². The van der Waals surface area contributed by atoms with Crippen LogP contribution >= 0.6 is 0 Å². The SMILES string of the molecule is COC(=O)CN(C(=O)Cc1cccc(F)c1)C(C)C. The molecule has 0 saturated heterocycles. The summed E-state index contributed by atoms with van der Waals surface area (Å²) in [5, 5.41) is 0. The molecule has 0 bridgehead atoms. The van der Waals surface area contributed by atoms with E-state index < -0.39 is 5.97 Å². The maximum Gasteiger partial charge on any atom is 0.325 e. The number of nitrogens with zero attached hydrogens (tertiary/aromatic N) is 1. The van der Waals surface area contributed by atoms with Gasteiger partial charge in [0.1, 0.15) is 12.4 Å². The largest absolute Gasteiger partial charge is 0.468 e. The quantitative estimate of drug-likeness (QED) is 0.764. The Morgan fingerprint density at radius 3 is 2.58 bits per heavy atom. The van der Waals surface area contributed by atoms with Gasteiger partial charge in [0.25, 0.3) is 0 Å². The maximum absolute atomic E-state index is 13.0. The number of carbonyl (C=O) groups excluding carboxylic acids is 2. The highest BCUT2D eigenvalue weighted by atomic mass is 19.1. The normalized spacial score (nSPS) is 10.4. The van der Waals surface area contributed by atoms with Crippen molar-refractivity contribution in [2.24, 2.45) is 0 Å². The van der Waals surface area contributed by atoms with Crippen LogP contribution in [-0.2, 0) is 20.7 Å². The van der Waals surface area contributed by atoms with Gasteiger partial charge in [-0.1, -0.05) is 12.1 Å². The van der Waals surface area contributed by atoms with Crippen molar-refractivity contribution in [2.75, 3.05) is 13.7 Å². The zero-order valence-corrected chi connectivity index (χ0v) is 11.4. The lowest BCUT2D eigenvalue weighted by Crippen LogP contribution is -2.41. The van der Waals surface area contributed by atoms with Gasteiger partial charge in [-0.3, -0.25) is 9.59 Å². The van der Waals surface area contributed by atoms with Crippen molar-refractivity contribution in [3.8, 4) is 0 Å². The third-order valence-electron chi connectivity index (χ3n) is 2.72. The molecule has 1 aromatic rings. The first-order chi connectivity index (χ1) is 8.93. The number of esters is 1. The Bertz CT molecular complexity index is 460. The first kappa shape index (κ1) is 15.1. The lowest BCUT2D eigenvalue weighted by atomic mass is 10.1. The van der Waals surface area contributed by atoms with Crippen LogP contribution in [0.3, 0.4) is 0 Å². The smallest absolute Gasteiger partial charge is 0.325 e. The number of hydrogen-bond donors (Lipinski definition) is 0. The standard InChI is InChI=1S/C14H18FNO3/c1-10(2)16(9-14(18)19-3)13(17)8-11-5-4-6-12(15)7-11/h4-7,10H,8-9H2,1-3H3. The molecule has 1 rings (SSSR count). The fraction of sp³-hybridized carbons (Fsp3) is 0.429. The second kappa shape index (κ2) is 6.87. The van der Waals surface area contributed by atoms with Gasteiger partial charge in [0, 0.05) is 6.04 Å². The van der Waals surface area contributed by atoms with Gasteiger partial charge in [-0.15, -0.1) is 0 Å². The van der Waals surface area contributed by atoms with Crippen molar-refractivity contribution >= 4 is 11.9 Å². The summed E-state index contributed by atoms with van der Waals surface area (Å²) in [5.41, 5.74) is 0.584. The summed E-state index contributed by atoms with van der Waals surface area (Å²) in [5.74, 6) is -1.08. The fourth-order valence-electron chi connectivity index (χ4n) is 1.69. The minimum atomic E-state index is -0.471. The van der Waals surface area contributed by atoms with E-state index in [0.717, 1.165) is 0 Å². The molecule has 0 spiro atoms. The molecule has 0 aromatic heterocycles. The van der Waals surface area contributed by atoms with Crippen LogP contribution in [-0.4, -0.2) is 36.5 Å². The Labute approximate surface area is 112 Å². The van der Waals surface area contributed by atoms with Crippen molar-refractivity contribution in [3.05, 3.63) is 35.6 Å². The second-order valence-corrected chi connectivity index (χ2v) is 4.50. The number of rotatable bonds is 5. The number of amides is 1. The van der Waals surface area contributed by atoms with Crippen molar-refractivity contribution in [1.29, 1.82) is 0 Å². The molecule has 0 N–H and O–H groups in total. The molecule has 0 fully saturated rings. The molecular weight excluding hydrogens is 249 g/mol. The van der Waals surface area contributed by atoms with Crippen LogP contribution in [0, 0.1) is 5.82 Å². The molecule has 0 saturated carbocycles. The van der Waals surface area contributed by atoms with E-state index in [0.29, 0.717) is 5.56 Å². The molecule has 0 aliphatic rings. The molecule has 4 nitrogen and oxygen atoms in total. The lowest BCUT2D eigenvalue weighted by molar-refractivity contribution is -0.148. The van der Waals surface area contributed by atoms with Crippen LogP contribution < -0.4 is 0 Å². The third-order valence-corrected chi connectivity index (χ3v) is 2.72. The van der Waals surface area contributed by atoms with Gasteiger partial charge in [-0.25, -0.2) is 4.39 Å². The fourth-order valence-corrected chi connectivity index (χ4v) is 1.69. The lowest BCUT2D eigenvalue weighted by Gasteiger charge is -2.25. The average Bonchev–Trinajstić information content (AvgIpc) is 2.35. The van der Waals surface area contributed by atoms with Crippen molar-refractivity contribution in [1.82, 2.24) is 4.90 Å². The molecule has 0 radical (unpaired) electrons. The Kier molecular flexibility index (Phi) is 5.48. The predicted molar refractivity (Wildman–Crippen MR) is 69.0 cm³/mol. The van der Waals surface area contributed by atoms with Gasteiger partial charge in [-0.05, 0) is 31.5 Å². The zero-order valence-electron chi connectivity index (χ0n) is 11.4. The van der Waals surface area contributed by atoms with E-state index in [9.17, 15) is 14.0 Å². The van der Waals surface area contributed by atoms with Crippen molar-refractivity contribution in [3.63, 3.8) is 0 Å². The van der Waals surface area contributed by atoms with Crippen LogP contribution in [0.25, 0.3) is 0 Å². The van der Waals surface area contributed by atoms with Gasteiger partial charge >= 0.3 is 5.97 Å². The summed E-state index contributed by atoms with van der Waals surface area (Å²) in [7, 11) is 1.28. The number of halogens is 1. The summed E-state index contributed by atoms with van der Waals surface area (Å²) >= 11 is 0. The van der Waals surface area contributed by atoms with Gasteiger partial charge in [0.15, 0.2) is 0 Å². The highest BCUT2D eigenvalue weighted by Crippen LogP contribution is 2.08. The van der Waals surface area contributed by atoms with E-state index in [-0.39, 0.29) is 30.7 Å². The van der Waals surface area contributed by atoms with Crippen LogP contribution in [0.5, 0.6) is 0 Å². The predicted octanol–water partition coefficient (Wildman–Crippen LogP) is 1.78. The van der Waals surface area contributed by atoms with Gasteiger partial charge < -0.3 is 9.64 Å². The second-order valence-electron chi connectivity index (χ2n) is 4.50. The van der Waals surface area contributed by atoms with E-state index in [1.54, 1.807) is 12.1 Å². The maximum atomic E-state index is 13.0. The number of methoxy groups -OCH3 is 1. The average molecular weight is 267 g/mol. The summed E-state index contributed by atoms with van der Waals surface area (Å²) in [4.78, 5) is 24.8. The number of ether oxygens (including phenoxy) is 1. The topological polar surface area (TPSA) is 46.6 Å². The summed E-state index contributed by atoms with van der Waals surface area (Å²) < 4.78 is 17.6. The molecule has 1 amide bonds. The molecule has 104 valence electrons. The van der Waals surface area contributed by atoms with Gasteiger partial charge in [-0.2, -0.15) is 0 Å². The number of carbonyl (C=O) groups is 2. The first-order valence-electron chi connectivity index (χ1n) is 6.04. The minimum Gasteiger partial charge on any atom is -0.468 e. The van der Waals surface area contributed by atoms with Crippen LogP contribution in [0.15, 0.2) is 24.3 Å². The molecular formula is C14H18FNO3.